The summed E-state index contributed by atoms with van der Waals surface area (Å²) in [5, 5.41) is 19.9. The summed E-state index contributed by atoms with van der Waals surface area (Å²) in [5.74, 6) is -0.437. The molecular weight excluding hydrogens is 325 g/mol. The van der Waals surface area contributed by atoms with Gasteiger partial charge in [0.25, 0.3) is 0 Å². The van der Waals surface area contributed by atoms with Crippen LogP contribution in [-0.4, -0.2) is 47.0 Å². The lowest BCUT2D eigenvalue weighted by Gasteiger charge is -2.34. The van der Waals surface area contributed by atoms with Crippen molar-refractivity contribution in [1.82, 2.24) is 4.90 Å². The van der Waals surface area contributed by atoms with Crippen LogP contribution in [0.2, 0.25) is 0 Å². The van der Waals surface area contributed by atoms with Gasteiger partial charge < -0.3 is 19.8 Å². The van der Waals surface area contributed by atoms with Crippen LogP contribution in [0.15, 0.2) is 42.5 Å². The van der Waals surface area contributed by atoms with Crippen molar-refractivity contribution in [3.05, 3.63) is 59.4 Å². The first-order chi connectivity index (χ1) is 12.0. The number of hydrogen-bond donors (Lipinski definition) is 2. The van der Waals surface area contributed by atoms with Crippen LogP contribution >= 0.6 is 0 Å². The molecule has 0 spiro atoms. The smallest absolute Gasteiger partial charge is 0.407 e. The summed E-state index contributed by atoms with van der Waals surface area (Å²) in [4.78, 5) is 12.4. The molecule has 2 N–H and O–H groups in total. The van der Waals surface area contributed by atoms with Gasteiger partial charge in [-0.1, -0.05) is 42.0 Å². The highest BCUT2D eigenvalue weighted by Crippen LogP contribution is 2.34. The van der Waals surface area contributed by atoms with Crippen molar-refractivity contribution >= 4 is 6.09 Å². The number of halogens is 1. The first kappa shape index (κ1) is 17.4. The van der Waals surface area contributed by atoms with Crippen LogP contribution in [0.25, 0.3) is 11.1 Å². The molecule has 1 aliphatic heterocycles. The molecule has 0 saturated carbocycles. The molecule has 5 nitrogen and oxygen atoms in total. The normalized spacial score (nSPS) is 18.8. The molecule has 0 aromatic heterocycles. The number of rotatable bonds is 3. The van der Waals surface area contributed by atoms with E-state index in [1.54, 1.807) is 12.1 Å². The zero-order valence-electron chi connectivity index (χ0n) is 13.9. The Kier molecular flexibility index (Phi) is 5.01. The molecular formula is C19H20FNO4. The van der Waals surface area contributed by atoms with Crippen LogP contribution in [0.3, 0.4) is 0 Å². The van der Waals surface area contributed by atoms with Crippen LogP contribution in [0.5, 0.6) is 0 Å². The summed E-state index contributed by atoms with van der Waals surface area (Å²) in [5.41, 5.74) is 2.35. The van der Waals surface area contributed by atoms with Gasteiger partial charge in [0.15, 0.2) is 0 Å². The molecule has 25 heavy (non-hydrogen) atoms. The monoisotopic (exact) mass is 345 g/mol. The van der Waals surface area contributed by atoms with Gasteiger partial charge in [0.1, 0.15) is 18.0 Å². The average molecular weight is 345 g/mol. The fourth-order valence-electron chi connectivity index (χ4n) is 3.13. The van der Waals surface area contributed by atoms with Gasteiger partial charge in [-0.15, -0.1) is 0 Å². The minimum Gasteiger partial charge on any atom is -0.465 e. The summed E-state index contributed by atoms with van der Waals surface area (Å²) in [6.45, 7) is 2.41. The quantitative estimate of drug-likeness (QED) is 0.896. The number of aryl methyl sites for hydroxylation is 1. The van der Waals surface area contributed by atoms with E-state index in [0.29, 0.717) is 16.7 Å². The molecule has 1 saturated heterocycles. The number of aliphatic hydroxyl groups is 1. The largest absolute Gasteiger partial charge is 0.465 e. The molecule has 1 unspecified atom stereocenters. The molecule has 2 aromatic carbocycles. The lowest BCUT2D eigenvalue weighted by molar-refractivity contribution is -0.0834. The molecule has 3 rings (SSSR count). The van der Waals surface area contributed by atoms with Gasteiger partial charge in [0, 0.05) is 12.1 Å². The van der Waals surface area contributed by atoms with Gasteiger partial charge in [-0.2, -0.15) is 0 Å². The van der Waals surface area contributed by atoms with Crippen molar-refractivity contribution in [3.8, 4) is 11.1 Å². The Hall–Kier alpha value is -2.44. The number of benzene rings is 2. The van der Waals surface area contributed by atoms with Gasteiger partial charge in [0.05, 0.1) is 13.2 Å². The van der Waals surface area contributed by atoms with E-state index in [4.69, 9.17) is 9.84 Å². The fraction of sp³-hybridized carbons (Fsp3) is 0.316. The molecule has 6 heteroatoms. The average Bonchev–Trinajstić information content (AvgIpc) is 2.61. The Bertz CT molecular complexity index is 780. The van der Waals surface area contributed by atoms with E-state index in [1.807, 2.05) is 25.1 Å². The minimum absolute atomic E-state index is 0.0419. The Morgan fingerprint density at radius 1 is 1.32 bits per heavy atom. The summed E-state index contributed by atoms with van der Waals surface area (Å²) in [6, 6.07) is 11.9. The fourth-order valence-corrected chi connectivity index (χ4v) is 3.13. The zero-order chi connectivity index (χ0) is 18.0. The molecule has 0 aliphatic carbocycles. The second-order valence-corrected chi connectivity index (χ2v) is 6.16. The van der Waals surface area contributed by atoms with E-state index in [0.717, 1.165) is 5.56 Å². The molecule has 2 aromatic rings. The van der Waals surface area contributed by atoms with E-state index < -0.39 is 24.1 Å². The third kappa shape index (κ3) is 3.65. The van der Waals surface area contributed by atoms with E-state index in [-0.39, 0.29) is 19.7 Å². The molecule has 2 atom stereocenters. The van der Waals surface area contributed by atoms with Gasteiger partial charge >= 0.3 is 6.09 Å². The number of carbonyl (C=O) groups is 1. The zero-order valence-corrected chi connectivity index (χ0v) is 13.9. The van der Waals surface area contributed by atoms with E-state index in [1.165, 1.54) is 17.0 Å². The Balaban J connectivity index is 1.97. The Morgan fingerprint density at radius 3 is 2.80 bits per heavy atom. The lowest BCUT2D eigenvalue weighted by atomic mass is 9.92. The third-order valence-electron chi connectivity index (χ3n) is 4.39. The predicted molar refractivity (Wildman–Crippen MR) is 90.9 cm³/mol. The number of morpholine rings is 1. The minimum atomic E-state index is -1.13. The standard InChI is InChI=1S/C19H20FNO4/c1-12-4-2-5-13(10-12)17-14(6-3-7-15(17)20)18(22)16-11-21(19(23)24)8-9-25-16/h2-7,10,16,18,22H,8-9,11H2,1H3,(H,23,24)/t16?,18-/m0/s1. The molecule has 0 radical (unpaired) electrons. The van der Waals surface area contributed by atoms with Crippen molar-refractivity contribution in [2.24, 2.45) is 0 Å². The third-order valence-corrected chi connectivity index (χ3v) is 4.39. The van der Waals surface area contributed by atoms with Crippen LogP contribution in [0.1, 0.15) is 17.2 Å². The Labute approximate surface area is 145 Å². The summed E-state index contributed by atoms with van der Waals surface area (Å²) in [7, 11) is 0. The summed E-state index contributed by atoms with van der Waals surface area (Å²) < 4.78 is 20.1. The Morgan fingerprint density at radius 2 is 2.08 bits per heavy atom. The van der Waals surface area contributed by atoms with E-state index in [2.05, 4.69) is 0 Å². The lowest BCUT2D eigenvalue weighted by Crippen LogP contribution is -2.47. The van der Waals surface area contributed by atoms with Gasteiger partial charge in [0.2, 0.25) is 0 Å². The first-order valence-electron chi connectivity index (χ1n) is 8.10. The molecule has 132 valence electrons. The number of carboxylic acid groups (broad SMARTS) is 1. The predicted octanol–water partition coefficient (Wildman–Crippen LogP) is 3.21. The highest BCUT2D eigenvalue weighted by atomic mass is 19.1. The topological polar surface area (TPSA) is 70.0 Å². The number of ether oxygens (including phenoxy) is 1. The van der Waals surface area contributed by atoms with E-state index in [9.17, 15) is 14.3 Å². The van der Waals surface area contributed by atoms with Crippen LogP contribution in [0, 0.1) is 12.7 Å². The first-order valence-corrected chi connectivity index (χ1v) is 8.10. The van der Waals surface area contributed by atoms with Gasteiger partial charge in [-0.05, 0) is 24.1 Å². The SMILES string of the molecule is Cc1cccc(-c2c(F)cccc2[C@H](O)C2CN(C(=O)O)CCO2)c1. The highest BCUT2D eigenvalue weighted by molar-refractivity contribution is 5.69. The second kappa shape index (κ2) is 7.21. The molecule has 1 amide bonds. The number of nitrogens with zero attached hydrogens (tertiary/aromatic N) is 1. The highest BCUT2D eigenvalue weighted by Gasteiger charge is 2.32. The second-order valence-electron chi connectivity index (χ2n) is 6.16. The maximum atomic E-state index is 14.5. The number of hydrogen-bond acceptors (Lipinski definition) is 3. The van der Waals surface area contributed by atoms with Crippen molar-refractivity contribution in [1.29, 1.82) is 0 Å². The summed E-state index contributed by atoms with van der Waals surface area (Å²) in [6.07, 6.45) is -2.93. The van der Waals surface area contributed by atoms with Crippen molar-refractivity contribution in [3.63, 3.8) is 0 Å². The van der Waals surface area contributed by atoms with Gasteiger partial charge in [-0.3, -0.25) is 0 Å². The molecule has 1 aliphatic rings. The van der Waals surface area contributed by atoms with Crippen LogP contribution in [0.4, 0.5) is 9.18 Å². The van der Waals surface area contributed by atoms with Gasteiger partial charge in [-0.25, -0.2) is 9.18 Å². The molecule has 1 fully saturated rings. The molecule has 1 heterocycles. The number of amides is 1. The van der Waals surface area contributed by atoms with Crippen molar-refractivity contribution in [2.45, 2.75) is 19.1 Å². The van der Waals surface area contributed by atoms with Crippen LogP contribution in [-0.2, 0) is 4.74 Å². The summed E-state index contributed by atoms with van der Waals surface area (Å²) >= 11 is 0. The maximum absolute atomic E-state index is 14.5. The maximum Gasteiger partial charge on any atom is 0.407 e. The molecule has 0 bridgehead atoms. The van der Waals surface area contributed by atoms with Crippen LogP contribution < -0.4 is 0 Å². The number of aliphatic hydroxyl groups excluding tert-OH is 1. The van der Waals surface area contributed by atoms with Crippen molar-refractivity contribution in [2.75, 3.05) is 19.7 Å². The van der Waals surface area contributed by atoms with E-state index >= 15 is 0 Å². The van der Waals surface area contributed by atoms with Crippen molar-refractivity contribution < 1.29 is 24.1 Å².